The second kappa shape index (κ2) is 5.84. The zero-order valence-corrected chi connectivity index (χ0v) is 9.43. The third-order valence-electron chi connectivity index (χ3n) is 1.53. The van der Waals surface area contributed by atoms with Gasteiger partial charge in [-0.1, -0.05) is 37.8 Å². The lowest BCUT2D eigenvalue weighted by Gasteiger charge is -2.04. The molecule has 0 spiro atoms. The predicted molar refractivity (Wildman–Crippen MR) is 59.1 cm³/mol. The summed E-state index contributed by atoms with van der Waals surface area (Å²) in [6.07, 6.45) is 2.07. The van der Waals surface area contributed by atoms with Crippen LogP contribution in [0.3, 0.4) is 0 Å². The molecule has 5 nitrogen and oxygen atoms in total. The second-order valence-corrected chi connectivity index (χ2v) is 3.48. The minimum atomic E-state index is 0.441. The van der Waals surface area contributed by atoms with Crippen LogP contribution in [-0.4, -0.2) is 22.0 Å². The van der Waals surface area contributed by atoms with Gasteiger partial charge in [0.15, 0.2) is 5.82 Å². The van der Waals surface area contributed by atoms with Gasteiger partial charge in [0, 0.05) is 0 Å². The minimum Gasteiger partial charge on any atom is -0.275 e. The molecule has 1 aromatic rings. The number of hydrogen-bond donors (Lipinski definition) is 3. The number of rotatable bonds is 5. The summed E-state index contributed by atoms with van der Waals surface area (Å²) in [6, 6.07) is 0. The number of nitrogens with zero attached hydrogens (tertiary/aromatic N) is 1. The molecule has 0 saturated carbocycles. The molecular weight excluding hydrogens is 220 g/mol. The molecular formula is C7H12N4OS2. The Morgan fingerprint density at radius 1 is 1.50 bits per heavy atom. The van der Waals surface area contributed by atoms with E-state index in [0.29, 0.717) is 21.6 Å². The van der Waals surface area contributed by atoms with Gasteiger partial charge in [-0.2, -0.15) is 0 Å². The van der Waals surface area contributed by atoms with Crippen LogP contribution in [0.1, 0.15) is 19.8 Å². The molecule has 1 heterocycles. The van der Waals surface area contributed by atoms with Gasteiger partial charge in [0.1, 0.15) is 9.15 Å². The highest BCUT2D eigenvalue weighted by molar-refractivity contribution is 7.74. The van der Waals surface area contributed by atoms with Crippen molar-refractivity contribution in [3.63, 3.8) is 0 Å². The summed E-state index contributed by atoms with van der Waals surface area (Å²) in [7, 11) is 0. The highest BCUT2D eigenvalue weighted by Gasteiger charge is 1.97. The Morgan fingerprint density at radius 3 is 3.00 bits per heavy atom. The first kappa shape index (κ1) is 11.3. The van der Waals surface area contributed by atoms with Crippen molar-refractivity contribution in [2.24, 2.45) is 0 Å². The van der Waals surface area contributed by atoms with E-state index in [1.54, 1.807) is 0 Å². The van der Waals surface area contributed by atoms with Crippen LogP contribution in [0.25, 0.3) is 0 Å². The highest BCUT2D eigenvalue weighted by atomic mass is 32.1. The smallest absolute Gasteiger partial charge is 0.192 e. The summed E-state index contributed by atoms with van der Waals surface area (Å²) in [5, 5.41) is 8.99. The SMILES string of the molecule is CCCCONc1n[nH][nH]c(=S)c1=S. The van der Waals surface area contributed by atoms with E-state index in [1.165, 1.54) is 0 Å². The van der Waals surface area contributed by atoms with E-state index in [-0.39, 0.29) is 0 Å². The van der Waals surface area contributed by atoms with Crippen LogP contribution in [0.15, 0.2) is 0 Å². The Balaban J connectivity index is 2.55. The lowest BCUT2D eigenvalue weighted by atomic mass is 10.4. The first-order valence-corrected chi connectivity index (χ1v) is 5.12. The molecule has 0 aliphatic rings. The first-order valence-electron chi connectivity index (χ1n) is 4.31. The minimum absolute atomic E-state index is 0.441. The Kier molecular flexibility index (Phi) is 4.71. The van der Waals surface area contributed by atoms with Gasteiger partial charge < -0.3 is 0 Å². The number of anilines is 1. The fourth-order valence-corrected chi connectivity index (χ4v) is 1.04. The summed E-state index contributed by atoms with van der Waals surface area (Å²) in [5.74, 6) is 0.444. The molecule has 0 radical (unpaired) electrons. The number of unbranched alkanes of at least 4 members (excludes halogenated alkanes) is 1. The van der Waals surface area contributed by atoms with E-state index in [0.717, 1.165) is 12.8 Å². The molecule has 0 saturated heterocycles. The molecule has 0 fully saturated rings. The van der Waals surface area contributed by atoms with Gasteiger partial charge >= 0.3 is 0 Å². The summed E-state index contributed by atoms with van der Waals surface area (Å²) >= 11 is 9.93. The fourth-order valence-electron chi connectivity index (χ4n) is 0.755. The van der Waals surface area contributed by atoms with Crippen LogP contribution in [0.2, 0.25) is 0 Å². The number of nitrogens with one attached hydrogen (secondary N) is 3. The Morgan fingerprint density at radius 2 is 2.29 bits per heavy atom. The first-order chi connectivity index (χ1) is 6.75. The van der Waals surface area contributed by atoms with E-state index in [1.807, 2.05) is 0 Å². The van der Waals surface area contributed by atoms with E-state index in [9.17, 15) is 0 Å². The monoisotopic (exact) mass is 232 g/mol. The molecule has 0 aliphatic heterocycles. The van der Waals surface area contributed by atoms with Gasteiger partial charge in [-0.3, -0.25) is 9.94 Å². The maximum Gasteiger partial charge on any atom is 0.192 e. The molecule has 1 rings (SSSR count). The van der Waals surface area contributed by atoms with Crippen LogP contribution in [0, 0.1) is 9.15 Å². The molecule has 0 bridgehead atoms. The van der Waals surface area contributed by atoms with Gasteiger partial charge in [0.2, 0.25) is 0 Å². The molecule has 0 aliphatic carbocycles. The molecule has 7 heteroatoms. The number of H-pyrrole nitrogens is 2. The van der Waals surface area contributed by atoms with E-state index >= 15 is 0 Å². The lowest BCUT2D eigenvalue weighted by molar-refractivity contribution is 0.187. The van der Waals surface area contributed by atoms with E-state index in [4.69, 9.17) is 29.3 Å². The Bertz CT molecular complexity index is 386. The Hall–Kier alpha value is -0.790. The second-order valence-electron chi connectivity index (χ2n) is 2.66. The van der Waals surface area contributed by atoms with E-state index in [2.05, 4.69) is 27.8 Å². The van der Waals surface area contributed by atoms with Crippen LogP contribution < -0.4 is 5.48 Å². The van der Waals surface area contributed by atoms with Crippen molar-refractivity contribution in [1.82, 2.24) is 15.4 Å². The number of hydrogen-bond acceptors (Lipinski definition) is 5. The summed E-state index contributed by atoms with van der Waals surface area (Å²) in [4.78, 5) is 5.14. The van der Waals surface area contributed by atoms with Crippen molar-refractivity contribution in [2.75, 3.05) is 12.1 Å². The maximum atomic E-state index is 5.14. The lowest BCUT2D eigenvalue weighted by Crippen LogP contribution is -2.06. The van der Waals surface area contributed by atoms with Crippen LogP contribution >= 0.6 is 24.4 Å². The van der Waals surface area contributed by atoms with Crippen molar-refractivity contribution >= 4 is 30.3 Å². The third kappa shape index (κ3) is 3.17. The topological polar surface area (TPSA) is 65.7 Å². The summed E-state index contributed by atoms with van der Waals surface area (Å²) < 4.78 is 0.895. The van der Waals surface area contributed by atoms with Crippen molar-refractivity contribution in [1.29, 1.82) is 0 Å². The van der Waals surface area contributed by atoms with Crippen LogP contribution in [0.4, 0.5) is 5.82 Å². The molecule has 78 valence electrons. The normalized spacial score (nSPS) is 10.1. The van der Waals surface area contributed by atoms with Crippen LogP contribution in [-0.2, 0) is 4.84 Å². The quantitative estimate of drug-likeness (QED) is 0.413. The molecule has 0 aromatic carbocycles. The molecule has 14 heavy (non-hydrogen) atoms. The van der Waals surface area contributed by atoms with Crippen molar-refractivity contribution in [3.8, 4) is 0 Å². The molecule has 0 unspecified atom stereocenters. The van der Waals surface area contributed by atoms with E-state index < -0.39 is 0 Å². The summed E-state index contributed by atoms with van der Waals surface area (Å²) in [5.41, 5.74) is 2.66. The third-order valence-corrected chi connectivity index (χ3v) is 2.36. The van der Waals surface area contributed by atoms with Gasteiger partial charge in [-0.05, 0) is 6.42 Å². The average Bonchev–Trinajstić information content (AvgIpc) is 2.19. The van der Waals surface area contributed by atoms with Gasteiger partial charge in [-0.15, -0.1) is 5.10 Å². The van der Waals surface area contributed by atoms with Gasteiger partial charge in [0.25, 0.3) is 0 Å². The molecule has 1 aromatic heterocycles. The van der Waals surface area contributed by atoms with Crippen molar-refractivity contribution < 1.29 is 4.84 Å². The zero-order valence-electron chi connectivity index (χ0n) is 7.79. The molecule has 3 N–H and O–H groups in total. The largest absolute Gasteiger partial charge is 0.275 e. The maximum absolute atomic E-state index is 5.14. The van der Waals surface area contributed by atoms with Crippen LogP contribution in [0.5, 0.6) is 0 Å². The molecule has 0 amide bonds. The summed E-state index contributed by atoms with van der Waals surface area (Å²) in [6.45, 7) is 2.71. The van der Waals surface area contributed by atoms with Gasteiger partial charge in [-0.25, -0.2) is 10.7 Å². The highest BCUT2D eigenvalue weighted by Crippen LogP contribution is 2.03. The predicted octanol–water partition coefficient (Wildman–Crippen LogP) is 2.34. The molecule has 0 atom stereocenters. The number of aromatic nitrogens is 3. The zero-order chi connectivity index (χ0) is 10.4. The fraction of sp³-hybridized carbons (Fsp3) is 0.571. The standard InChI is InChI=1S/C7H12N4OS2/c1-2-3-4-12-10-6-5(13)7(14)9-11-8-6/h2-4H2,1H3,(H,11,13)(H2,8,9,10,14). The Labute approximate surface area is 91.8 Å². The van der Waals surface area contributed by atoms with Crippen molar-refractivity contribution in [2.45, 2.75) is 19.8 Å². The number of aromatic amines is 2. The average molecular weight is 232 g/mol. The van der Waals surface area contributed by atoms with Crippen molar-refractivity contribution in [3.05, 3.63) is 9.15 Å². The van der Waals surface area contributed by atoms with Gasteiger partial charge in [0.05, 0.1) is 6.61 Å².